The third-order valence-electron chi connectivity index (χ3n) is 3.16. The second kappa shape index (κ2) is 6.59. The molecule has 5 nitrogen and oxygen atoms in total. The summed E-state index contributed by atoms with van der Waals surface area (Å²) in [5, 5.41) is 6.04. The highest BCUT2D eigenvalue weighted by molar-refractivity contribution is 5.79. The lowest BCUT2D eigenvalue weighted by molar-refractivity contribution is -0.129. The van der Waals surface area contributed by atoms with Crippen LogP contribution in [-0.4, -0.2) is 48.4 Å². The van der Waals surface area contributed by atoms with E-state index in [4.69, 9.17) is 0 Å². The molecular formula is C12H23N3O2. The molecular weight excluding hydrogens is 218 g/mol. The number of carbonyl (C=O) groups excluding carboxylic acids is 2. The van der Waals surface area contributed by atoms with Gasteiger partial charge in [-0.3, -0.25) is 9.59 Å². The maximum Gasteiger partial charge on any atom is 0.236 e. The fourth-order valence-electron chi connectivity index (χ4n) is 1.91. The molecule has 1 aliphatic rings. The number of hydrogen-bond acceptors (Lipinski definition) is 3. The molecule has 2 amide bonds. The van der Waals surface area contributed by atoms with Crippen molar-refractivity contribution in [1.29, 1.82) is 0 Å². The molecule has 98 valence electrons. The van der Waals surface area contributed by atoms with Gasteiger partial charge in [0.15, 0.2) is 0 Å². The minimum Gasteiger partial charge on any atom is -0.352 e. The summed E-state index contributed by atoms with van der Waals surface area (Å²) in [5.74, 6) is 0.0974. The Bertz CT molecular complexity index is 281. The van der Waals surface area contributed by atoms with Crippen LogP contribution in [0, 0.1) is 0 Å². The van der Waals surface area contributed by atoms with Gasteiger partial charge in [-0.1, -0.05) is 6.92 Å². The van der Waals surface area contributed by atoms with Crippen LogP contribution in [0.1, 0.15) is 33.6 Å². The minimum absolute atomic E-state index is 0.0259. The summed E-state index contributed by atoms with van der Waals surface area (Å²) in [5.41, 5.74) is 0. The molecule has 1 fully saturated rings. The van der Waals surface area contributed by atoms with E-state index in [-0.39, 0.29) is 17.9 Å². The van der Waals surface area contributed by atoms with Crippen LogP contribution in [0.4, 0.5) is 0 Å². The summed E-state index contributed by atoms with van der Waals surface area (Å²) in [6.45, 7) is 7.44. The lowest BCUT2D eigenvalue weighted by Crippen LogP contribution is -2.42. The molecule has 2 unspecified atom stereocenters. The van der Waals surface area contributed by atoms with Gasteiger partial charge in [0.25, 0.3) is 0 Å². The maximum absolute atomic E-state index is 11.8. The van der Waals surface area contributed by atoms with Gasteiger partial charge in [0.1, 0.15) is 0 Å². The van der Waals surface area contributed by atoms with Crippen LogP contribution in [0.2, 0.25) is 0 Å². The molecule has 1 aliphatic heterocycles. The van der Waals surface area contributed by atoms with Crippen LogP contribution in [0.25, 0.3) is 0 Å². The van der Waals surface area contributed by atoms with E-state index in [9.17, 15) is 9.59 Å². The minimum atomic E-state index is -0.0259. The van der Waals surface area contributed by atoms with Gasteiger partial charge >= 0.3 is 0 Å². The first-order valence-corrected chi connectivity index (χ1v) is 6.31. The van der Waals surface area contributed by atoms with Crippen LogP contribution in [0.15, 0.2) is 0 Å². The number of likely N-dealkylation sites (tertiary alicyclic amines) is 1. The highest BCUT2D eigenvalue weighted by Crippen LogP contribution is 2.09. The maximum atomic E-state index is 11.8. The first-order valence-electron chi connectivity index (χ1n) is 6.31. The van der Waals surface area contributed by atoms with Crippen LogP contribution in [0.5, 0.6) is 0 Å². The third kappa shape index (κ3) is 4.73. The Kier molecular flexibility index (Phi) is 5.41. The molecule has 17 heavy (non-hydrogen) atoms. The van der Waals surface area contributed by atoms with Crippen molar-refractivity contribution in [1.82, 2.24) is 15.5 Å². The van der Waals surface area contributed by atoms with Crippen molar-refractivity contribution in [2.75, 3.05) is 19.6 Å². The van der Waals surface area contributed by atoms with Crippen molar-refractivity contribution in [2.24, 2.45) is 0 Å². The molecule has 2 N–H and O–H groups in total. The van der Waals surface area contributed by atoms with Crippen LogP contribution in [0.3, 0.4) is 0 Å². The largest absolute Gasteiger partial charge is 0.352 e. The average Bonchev–Trinajstić information content (AvgIpc) is 2.72. The zero-order valence-electron chi connectivity index (χ0n) is 11.0. The Balaban J connectivity index is 2.28. The summed E-state index contributed by atoms with van der Waals surface area (Å²) in [7, 11) is 0. The molecule has 0 aromatic rings. The summed E-state index contributed by atoms with van der Waals surface area (Å²) in [6.07, 6.45) is 1.87. The standard InChI is InChI=1S/C12H23N3O2/c1-4-9(2)13-7-12(17)15-6-5-11(8-15)14-10(3)16/h9,11,13H,4-8H2,1-3H3,(H,14,16). The van der Waals surface area contributed by atoms with E-state index in [1.54, 1.807) is 0 Å². The van der Waals surface area contributed by atoms with Crippen molar-refractivity contribution in [3.8, 4) is 0 Å². The highest BCUT2D eigenvalue weighted by atomic mass is 16.2. The smallest absolute Gasteiger partial charge is 0.236 e. The van der Waals surface area contributed by atoms with E-state index in [0.29, 0.717) is 19.1 Å². The zero-order chi connectivity index (χ0) is 12.8. The van der Waals surface area contributed by atoms with Crippen molar-refractivity contribution in [3.63, 3.8) is 0 Å². The van der Waals surface area contributed by atoms with E-state index >= 15 is 0 Å². The van der Waals surface area contributed by atoms with Gasteiger partial charge in [-0.2, -0.15) is 0 Å². The molecule has 0 aromatic carbocycles. The molecule has 1 heterocycles. The molecule has 0 aromatic heterocycles. The predicted molar refractivity (Wildman–Crippen MR) is 66.6 cm³/mol. The molecule has 0 aliphatic carbocycles. The van der Waals surface area contributed by atoms with Crippen LogP contribution in [-0.2, 0) is 9.59 Å². The van der Waals surface area contributed by atoms with Crippen molar-refractivity contribution in [3.05, 3.63) is 0 Å². The lowest BCUT2D eigenvalue weighted by atomic mass is 10.2. The van der Waals surface area contributed by atoms with Gasteiger partial charge in [0, 0.05) is 32.1 Å². The SMILES string of the molecule is CCC(C)NCC(=O)N1CCC(NC(C)=O)C1. The second-order valence-corrected chi connectivity index (χ2v) is 4.72. The number of carbonyl (C=O) groups is 2. The number of nitrogens with zero attached hydrogens (tertiary/aromatic N) is 1. The Morgan fingerprint density at radius 1 is 1.47 bits per heavy atom. The number of amides is 2. The van der Waals surface area contributed by atoms with E-state index in [0.717, 1.165) is 19.4 Å². The first kappa shape index (κ1) is 14.0. The normalized spacial score (nSPS) is 21.4. The molecule has 5 heteroatoms. The molecule has 0 spiro atoms. The lowest BCUT2D eigenvalue weighted by Gasteiger charge is -2.18. The molecule has 1 saturated heterocycles. The van der Waals surface area contributed by atoms with Crippen molar-refractivity contribution < 1.29 is 9.59 Å². The summed E-state index contributed by atoms with van der Waals surface area (Å²) in [6, 6.07) is 0.493. The second-order valence-electron chi connectivity index (χ2n) is 4.72. The topological polar surface area (TPSA) is 61.4 Å². The molecule has 0 saturated carbocycles. The van der Waals surface area contributed by atoms with E-state index in [1.165, 1.54) is 6.92 Å². The van der Waals surface area contributed by atoms with E-state index in [1.807, 2.05) is 4.90 Å². The van der Waals surface area contributed by atoms with Crippen molar-refractivity contribution >= 4 is 11.8 Å². The Hall–Kier alpha value is -1.10. The van der Waals surface area contributed by atoms with Gasteiger partial charge in [-0.05, 0) is 19.8 Å². The van der Waals surface area contributed by atoms with Gasteiger partial charge < -0.3 is 15.5 Å². The fourth-order valence-corrected chi connectivity index (χ4v) is 1.91. The van der Waals surface area contributed by atoms with Gasteiger partial charge in [0.2, 0.25) is 11.8 Å². The van der Waals surface area contributed by atoms with Gasteiger partial charge in [-0.25, -0.2) is 0 Å². The monoisotopic (exact) mass is 241 g/mol. The Labute approximate surface area is 103 Å². The summed E-state index contributed by atoms with van der Waals surface area (Å²) >= 11 is 0. The van der Waals surface area contributed by atoms with Gasteiger partial charge in [-0.15, -0.1) is 0 Å². The zero-order valence-corrected chi connectivity index (χ0v) is 11.0. The quantitative estimate of drug-likeness (QED) is 0.718. The summed E-state index contributed by atoms with van der Waals surface area (Å²) < 4.78 is 0. The van der Waals surface area contributed by atoms with Crippen LogP contribution < -0.4 is 10.6 Å². The average molecular weight is 241 g/mol. The molecule has 1 rings (SSSR count). The molecule has 0 bridgehead atoms. The van der Waals surface area contributed by atoms with E-state index < -0.39 is 0 Å². The van der Waals surface area contributed by atoms with E-state index in [2.05, 4.69) is 24.5 Å². The summed E-state index contributed by atoms with van der Waals surface area (Å²) in [4.78, 5) is 24.6. The first-order chi connectivity index (χ1) is 8.02. The third-order valence-corrected chi connectivity index (χ3v) is 3.16. The Morgan fingerprint density at radius 3 is 2.76 bits per heavy atom. The number of hydrogen-bond donors (Lipinski definition) is 2. The van der Waals surface area contributed by atoms with Crippen molar-refractivity contribution in [2.45, 2.75) is 45.7 Å². The highest BCUT2D eigenvalue weighted by Gasteiger charge is 2.26. The number of nitrogens with one attached hydrogen (secondary N) is 2. The Morgan fingerprint density at radius 2 is 2.18 bits per heavy atom. The molecule has 0 radical (unpaired) electrons. The fraction of sp³-hybridized carbons (Fsp3) is 0.833. The van der Waals surface area contributed by atoms with Gasteiger partial charge in [0.05, 0.1) is 6.54 Å². The number of rotatable bonds is 5. The molecule has 2 atom stereocenters. The van der Waals surface area contributed by atoms with Crippen LogP contribution >= 0.6 is 0 Å². The predicted octanol–water partition coefficient (Wildman–Crippen LogP) is 0.112.